The smallest absolute Gasteiger partial charge is 0.410 e. The van der Waals surface area contributed by atoms with Gasteiger partial charge in [0.2, 0.25) is 0 Å². The van der Waals surface area contributed by atoms with Gasteiger partial charge in [-0.3, -0.25) is 9.89 Å². The number of aromatic amines is 2. The molecule has 0 atom stereocenters. The summed E-state index contributed by atoms with van der Waals surface area (Å²) in [6.07, 6.45) is 1.12. The third kappa shape index (κ3) is 2.75. The molecule has 2 heterocycles. The first-order valence-corrected chi connectivity index (χ1v) is 6.13. The van der Waals surface area contributed by atoms with Crippen LogP contribution < -0.4 is 5.56 Å². The molecule has 0 aromatic carbocycles. The Hall–Kier alpha value is -1.72. The van der Waals surface area contributed by atoms with Gasteiger partial charge in [0, 0.05) is 12.1 Å². The molecule has 0 fully saturated rings. The average molecular weight is 253 g/mol. The third-order valence-corrected chi connectivity index (χ3v) is 2.82. The second-order valence-electron chi connectivity index (χ2n) is 5.54. The maximum absolute atomic E-state index is 12.0. The number of aromatic nitrogens is 2. The molecular weight excluding hydrogens is 234 g/mol. The van der Waals surface area contributed by atoms with E-state index in [0.29, 0.717) is 19.5 Å². The van der Waals surface area contributed by atoms with E-state index in [2.05, 4.69) is 10.2 Å². The summed E-state index contributed by atoms with van der Waals surface area (Å²) in [5.74, 6) is 0. The molecule has 0 aliphatic carbocycles. The summed E-state index contributed by atoms with van der Waals surface area (Å²) in [5.41, 5.74) is 0.943. The lowest BCUT2D eigenvalue weighted by atomic mass is 10.1. The normalized spacial score (nSPS) is 16.1. The minimum atomic E-state index is -0.502. The number of fused-ring (bicyclic) bond motifs is 1. The Morgan fingerprint density at radius 2 is 2.06 bits per heavy atom. The van der Waals surface area contributed by atoms with E-state index in [4.69, 9.17) is 4.74 Å². The summed E-state index contributed by atoms with van der Waals surface area (Å²) >= 11 is 0. The number of H-pyrrole nitrogens is 2. The van der Waals surface area contributed by atoms with Crippen LogP contribution in [0.4, 0.5) is 4.79 Å². The Morgan fingerprint density at radius 1 is 1.33 bits per heavy atom. The molecule has 1 amide bonds. The van der Waals surface area contributed by atoms with Crippen molar-refractivity contribution in [2.45, 2.75) is 45.8 Å². The highest BCUT2D eigenvalue weighted by atomic mass is 16.6. The zero-order chi connectivity index (χ0) is 13.3. The van der Waals surface area contributed by atoms with E-state index in [1.807, 2.05) is 20.8 Å². The highest BCUT2D eigenvalue weighted by Gasteiger charge is 2.25. The molecule has 1 aromatic heterocycles. The summed E-state index contributed by atoms with van der Waals surface area (Å²) in [4.78, 5) is 25.1. The highest BCUT2D eigenvalue weighted by Crippen LogP contribution is 2.16. The molecule has 1 aliphatic rings. The largest absolute Gasteiger partial charge is 0.444 e. The minimum Gasteiger partial charge on any atom is -0.444 e. The predicted molar refractivity (Wildman–Crippen MR) is 66.4 cm³/mol. The second kappa shape index (κ2) is 4.51. The molecule has 2 rings (SSSR count). The molecule has 0 saturated carbocycles. The first-order chi connectivity index (χ1) is 8.37. The molecule has 6 heteroatoms. The van der Waals surface area contributed by atoms with Crippen LogP contribution in [-0.2, 0) is 17.7 Å². The standard InChI is InChI=1S/C12H19N3O3/c1-12(2,3)18-11(17)15-6-4-5-8-9(7-15)13-14-10(8)16/h4-7H2,1-3H3,(H2,13,14,16). The van der Waals surface area contributed by atoms with E-state index in [-0.39, 0.29) is 11.7 Å². The fourth-order valence-electron chi connectivity index (χ4n) is 2.02. The predicted octanol–water partition coefficient (Wildman–Crippen LogP) is 1.39. The van der Waals surface area contributed by atoms with E-state index in [0.717, 1.165) is 17.7 Å². The Balaban J connectivity index is 2.13. The van der Waals surface area contributed by atoms with Crippen molar-refractivity contribution in [3.8, 4) is 0 Å². The molecule has 18 heavy (non-hydrogen) atoms. The monoisotopic (exact) mass is 253 g/mol. The van der Waals surface area contributed by atoms with Gasteiger partial charge in [-0.1, -0.05) is 0 Å². The Labute approximate surface area is 105 Å². The van der Waals surface area contributed by atoms with Gasteiger partial charge in [-0.05, 0) is 33.6 Å². The van der Waals surface area contributed by atoms with E-state index in [9.17, 15) is 9.59 Å². The van der Waals surface area contributed by atoms with E-state index < -0.39 is 5.60 Å². The van der Waals surface area contributed by atoms with E-state index in [1.54, 1.807) is 4.90 Å². The molecule has 100 valence electrons. The number of ether oxygens (including phenoxy) is 1. The maximum Gasteiger partial charge on any atom is 0.410 e. The average Bonchev–Trinajstić information content (AvgIpc) is 2.49. The number of nitrogens with zero attached hydrogens (tertiary/aromatic N) is 1. The summed E-state index contributed by atoms with van der Waals surface area (Å²) in [5, 5.41) is 5.38. The second-order valence-corrected chi connectivity index (χ2v) is 5.54. The van der Waals surface area contributed by atoms with Crippen LogP contribution in [0.5, 0.6) is 0 Å². The Morgan fingerprint density at radius 3 is 2.72 bits per heavy atom. The fraction of sp³-hybridized carbons (Fsp3) is 0.667. The van der Waals surface area contributed by atoms with Gasteiger partial charge < -0.3 is 14.7 Å². The number of hydrogen-bond donors (Lipinski definition) is 2. The number of carbonyl (C=O) groups is 1. The SMILES string of the molecule is CC(C)(C)OC(=O)N1CCCc2c([nH][nH]c2=O)C1. The van der Waals surface area contributed by atoms with Crippen molar-refractivity contribution >= 4 is 6.09 Å². The van der Waals surface area contributed by atoms with Crippen molar-refractivity contribution in [2.75, 3.05) is 6.54 Å². The van der Waals surface area contributed by atoms with Crippen molar-refractivity contribution < 1.29 is 9.53 Å². The molecule has 0 unspecified atom stereocenters. The van der Waals surface area contributed by atoms with Crippen LogP contribution in [0.3, 0.4) is 0 Å². The van der Waals surface area contributed by atoms with Gasteiger partial charge >= 0.3 is 6.09 Å². The lowest BCUT2D eigenvalue weighted by molar-refractivity contribution is 0.0234. The zero-order valence-corrected chi connectivity index (χ0v) is 11.0. The van der Waals surface area contributed by atoms with Crippen LogP contribution in [0.15, 0.2) is 4.79 Å². The topological polar surface area (TPSA) is 78.2 Å². The van der Waals surface area contributed by atoms with Gasteiger partial charge in [0.05, 0.1) is 12.2 Å². The van der Waals surface area contributed by atoms with Crippen LogP contribution >= 0.6 is 0 Å². The number of hydrogen-bond acceptors (Lipinski definition) is 3. The molecule has 1 aromatic rings. The Bertz CT molecular complexity index is 495. The number of rotatable bonds is 0. The molecule has 6 nitrogen and oxygen atoms in total. The van der Waals surface area contributed by atoms with Gasteiger partial charge in [0.1, 0.15) is 5.60 Å². The zero-order valence-electron chi connectivity index (χ0n) is 11.0. The van der Waals surface area contributed by atoms with Crippen LogP contribution in [0, 0.1) is 0 Å². The van der Waals surface area contributed by atoms with Crippen LogP contribution in [0.25, 0.3) is 0 Å². The lowest BCUT2D eigenvalue weighted by Gasteiger charge is -2.26. The molecule has 0 spiro atoms. The molecule has 1 aliphatic heterocycles. The van der Waals surface area contributed by atoms with Gasteiger partial charge in [-0.2, -0.15) is 0 Å². The van der Waals surface area contributed by atoms with Crippen LogP contribution in [0.1, 0.15) is 38.4 Å². The van der Waals surface area contributed by atoms with Crippen LogP contribution in [0.2, 0.25) is 0 Å². The first kappa shape index (κ1) is 12.7. The Kier molecular flexibility index (Phi) is 3.19. The van der Waals surface area contributed by atoms with Crippen molar-refractivity contribution in [1.29, 1.82) is 0 Å². The highest BCUT2D eigenvalue weighted by molar-refractivity contribution is 5.68. The molecular formula is C12H19N3O3. The molecule has 0 saturated heterocycles. The first-order valence-electron chi connectivity index (χ1n) is 6.13. The van der Waals surface area contributed by atoms with Crippen molar-refractivity contribution in [3.05, 3.63) is 21.6 Å². The van der Waals surface area contributed by atoms with Crippen molar-refractivity contribution in [3.63, 3.8) is 0 Å². The summed E-state index contributed by atoms with van der Waals surface area (Å²) in [7, 11) is 0. The number of amides is 1. The van der Waals surface area contributed by atoms with Crippen LogP contribution in [-0.4, -0.2) is 33.3 Å². The number of nitrogens with one attached hydrogen (secondary N) is 2. The van der Waals surface area contributed by atoms with E-state index >= 15 is 0 Å². The quantitative estimate of drug-likeness (QED) is 0.733. The summed E-state index contributed by atoms with van der Waals surface area (Å²) in [6.45, 7) is 6.52. The van der Waals surface area contributed by atoms with E-state index in [1.165, 1.54) is 0 Å². The van der Waals surface area contributed by atoms with Gasteiger partial charge in [-0.15, -0.1) is 0 Å². The molecule has 0 bridgehead atoms. The van der Waals surface area contributed by atoms with Gasteiger partial charge in [0.15, 0.2) is 0 Å². The molecule has 0 radical (unpaired) electrons. The molecule has 2 N–H and O–H groups in total. The fourth-order valence-corrected chi connectivity index (χ4v) is 2.02. The lowest BCUT2D eigenvalue weighted by Crippen LogP contribution is -2.36. The van der Waals surface area contributed by atoms with Gasteiger partial charge in [-0.25, -0.2) is 4.79 Å². The summed E-state index contributed by atoms with van der Waals surface area (Å²) in [6, 6.07) is 0. The third-order valence-electron chi connectivity index (χ3n) is 2.82. The summed E-state index contributed by atoms with van der Waals surface area (Å²) < 4.78 is 5.34. The number of carbonyl (C=O) groups excluding carboxylic acids is 1. The van der Waals surface area contributed by atoms with Gasteiger partial charge in [0.25, 0.3) is 5.56 Å². The van der Waals surface area contributed by atoms with Crippen molar-refractivity contribution in [2.24, 2.45) is 0 Å². The van der Waals surface area contributed by atoms with Crippen molar-refractivity contribution in [1.82, 2.24) is 15.1 Å². The minimum absolute atomic E-state index is 0.0870. The maximum atomic E-state index is 12.0.